The Hall–Kier alpha value is -3.15. The van der Waals surface area contributed by atoms with Gasteiger partial charge in [-0.1, -0.05) is 6.07 Å². The molecule has 0 atom stereocenters. The van der Waals surface area contributed by atoms with Gasteiger partial charge in [0, 0.05) is 18.7 Å². The molecule has 0 N–H and O–H groups in total. The highest BCUT2D eigenvalue weighted by molar-refractivity contribution is 6.10. The smallest absolute Gasteiger partial charge is 0.258 e. The monoisotopic (exact) mass is 360 g/mol. The van der Waals surface area contributed by atoms with Gasteiger partial charge in [-0.25, -0.2) is 9.97 Å². The third kappa shape index (κ3) is 2.51. The first-order chi connectivity index (χ1) is 13.1. The van der Waals surface area contributed by atoms with Crippen LogP contribution in [0.5, 0.6) is 5.75 Å². The molecule has 0 saturated heterocycles. The number of ether oxygens (including phenoxy) is 1. The summed E-state index contributed by atoms with van der Waals surface area (Å²) in [6.07, 6.45) is 0. The maximum Gasteiger partial charge on any atom is 0.258 e. The largest absolute Gasteiger partial charge is 0.489 e. The molecule has 2 aliphatic heterocycles. The van der Waals surface area contributed by atoms with Crippen molar-refractivity contribution in [2.24, 2.45) is 0 Å². The number of hydrogen-bond acceptors (Lipinski definition) is 5. The predicted molar refractivity (Wildman–Crippen MR) is 105 cm³/mol. The van der Waals surface area contributed by atoms with E-state index in [1.54, 1.807) is 0 Å². The SMILES string of the molecule is Cc1nc2ccc(C(=O)N3CCN4CCOc5cccc3c54)cc2nc1C. The van der Waals surface area contributed by atoms with Crippen LogP contribution >= 0.6 is 0 Å². The lowest BCUT2D eigenvalue weighted by Gasteiger charge is -2.41. The van der Waals surface area contributed by atoms with Gasteiger partial charge in [-0.3, -0.25) is 4.79 Å². The van der Waals surface area contributed by atoms with Crippen molar-refractivity contribution in [3.8, 4) is 5.75 Å². The van der Waals surface area contributed by atoms with Gasteiger partial charge in [-0.2, -0.15) is 0 Å². The van der Waals surface area contributed by atoms with Crippen molar-refractivity contribution in [3.05, 3.63) is 53.3 Å². The van der Waals surface area contributed by atoms with E-state index in [2.05, 4.69) is 14.9 Å². The summed E-state index contributed by atoms with van der Waals surface area (Å²) in [4.78, 5) is 26.6. The molecule has 0 saturated carbocycles. The third-order valence-corrected chi connectivity index (χ3v) is 5.36. The highest BCUT2D eigenvalue weighted by Crippen LogP contribution is 2.43. The Bertz CT molecular complexity index is 1080. The first kappa shape index (κ1) is 16.1. The van der Waals surface area contributed by atoms with Crippen molar-refractivity contribution >= 4 is 28.3 Å². The maximum atomic E-state index is 13.3. The van der Waals surface area contributed by atoms with Crippen LogP contribution in [0.15, 0.2) is 36.4 Å². The molecule has 2 aliphatic rings. The van der Waals surface area contributed by atoms with E-state index in [1.807, 2.05) is 55.1 Å². The van der Waals surface area contributed by atoms with Gasteiger partial charge >= 0.3 is 0 Å². The molecule has 6 heteroatoms. The highest BCUT2D eigenvalue weighted by Gasteiger charge is 2.32. The van der Waals surface area contributed by atoms with Crippen LogP contribution in [0.25, 0.3) is 11.0 Å². The predicted octanol–water partition coefficient (Wildman–Crippen LogP) is 3.11. The quantitative estimate of drug-likeness (QED) is 0.667. The van der Waals surface area contributed by atoms with E-state index < -0.39 is 0 Å². The number of anilines is 2. The number of amides is 1. The van der Waals surface area contributed by atoms with Gasteiger partial charge in [-0.05, 0) is 44.2 Å². The standard InChI is InChI=1S/C21H20N4O2/c1-13-14(2)23-17-12-15(6-7-16(17)22-13)21(26)25-9-8-24-10-11-27-19-5-3-4-18(25)20(19)24/h3-7,12H,8-11H2,1-2H3. The molecule has 0 fully saturated rings. The van der Waals surface area contributed by atoms with E-state index >= 15 is 0 Å². The molecular weight excluding hydrogens is 340 g/mol. The minimum Gasteiger partial charge on any atom is -0.489 e. The molecule has 3 heterocycles. The van der Waals surface area contributed by atoms with Crippen LogP contribution in [-0.2, 0) is 0 Å². The summed E-state index contributed by atoms with van der Waals surface area (Å²) in [6.45, 7) is 6.90. The lowest BCUT2D eigenvalue weighted by atomic mass is 10.1. The van der Waals surface area contributed by atoms with E-state index in [0.717, 1.165) is 52.6 Å². The third-order valence-electron chi connectivity index (χ3n) is 5.36. The van der Waals surface area contributed by atoms with Gasteiger partial charge in [-0.15, -0.1) is 0 Å². The van der Waals surface area contributed by atoms with Crippen molar-refractivity contribution in [2.45, 2.75) is 13.8 Å². The highest BCUT2D eigenvalue weighted by atomic mass is 16.5. The van der Waals surface area contributed by atoms with Crippen molar-refractivity contribution < 1.29 is 9.53 Å². The van der Waals surface area contributed by atoms with Gasteiger partial charge < -0.3 is 14.5 Å². The van der Waals surface area contributed by atoms with Crippen LogP contribution < -0.4 is 14.5 Å². The van der Waals surface area contributed by atoms with Gasteiger partial charge in [0.15, 0.2) is 0 Å². The van der Waals surface area contributed by atoms with Crippen molar-refractivity contribution in [1.82, 2.24) is 9.97 Å². The van der Waals surface area contributed by atoms with E-state index in [4.69, 9.17) is 4.74 Å². The summed E-state index contributed by atoms with van der Waals surface area (Å²) in [7, 11) is 0. The Morgan fingerprint density at radius 1 is 1.00 bits per heavy atom. The second kappa shape index (κ2) is 5.94. The van der Waals surface area contributed by atoms with Gasteiger partial charge in [0.2, 0.25) is 0 Å². The Balaban J connectivity index is 1.56. The summed E-state index contributed by atoms with van der Waals surface area (Å²) in [5, 5.41) is 0. The topological polar surface area (TPSA) is 58.6 Å². The number of aryl methyl sites for hydroxylation is 2. The van der Waals surface area contributed by atoms with Crippen molar-refractivity contribution in [2.75, 3.05) is 36.0 Å². The number of carbonyl (C=O) groups is 1. The van der Waals surface area contributed by atoms with E-state index in [9.17, 15) is 4.79 Å². The average molecular weight is 360 g/mol. The number of benzene rings is 2. The molecule has 1 aromatic heterocycles. The van der Waals surface area contributed by atoms with Crippen LogP contribution in [-0.4, -0.2) is 42.1 Å². The Morgan fingerprint density at radius 2 is 1.81 bits per heavy atom. The summed E-state index contributed by atoms with van der Waals surface area (Å²) < 4.78 is 5.79. The lowest BCUT2D eigenvalue weighted by Crippen LogP contribution is -2.47. The zero-order chi connectivity index (χ0) is 18.5. The summed E-state index contributed by atoms with van der Waals surface area (Å²) in [5.74, 6) is 0.835. The summed E-state index contributed by atoms with van der Waals surface area (Å²) >= 11 is 0. The van der Waals surface area contributed by atoms with E-state index in [1.165, 1.54) is 0 Å². The number of hydrogen-bond donors (Lipinski definition) is 0. The first-order valence-corrected chi connectivity index (χ1v) is 9.19. The molecule has 6 nitrogen and oxygen atoms in total. The minimum atomic E-state index is -0.0180. The lowest BCUT2D eigenvalue weighted by molar-refractivity contribution is 0.0986. The van der Waals surface area contributed by atoms with E-state index in [0.29, 0.717) is 18.7 Å². The second-order valence-electron chi connectivity index (χ2n) is 7.01. The zero-order valence-corrected chi connectivity index (χ0v) is 15.4. The van der Waals surface area contributed by atoms with Gasteiger partial charge in [0.25, 0.3) is 5.91 Å². The average Bonchev–Trinajstić information content (AvgIpc) is 2.69. The second-order valence-corrected chi connectivity index (χ2v) is 7.01. The van der Waals surface area contributed by atoms with Crippen molar-refractivity contribution in [1.29, 1.82) is 0 Å². The molecule has 0 aliphatic carbocycles. The molecule has 5 rings (SSSR count). The molecule has 0 unspecified atom stereocenters. The molecule has 0 bridgehead atoms. The number of rotatable bonds is 1. The zero-order valence-electron chi connectivity index (χ0n) is 15.4. The Kier molecular flexibility index (Phi) is 3.53. The van der Waals surface area contributed by atoms with Gasteiger partial charge in [0.1, 0.15) is 18.0 Å². The number of para-hydroxylation sites is 1. The van der Waals surface area contributed by atoms with Crippen LogP contribution in [0.4, 0.5) is 11.4 Å². The molecule has 3 aromatic rings. The van der Waals surface area contributed by atoms with Crippen LogP contribution in [0.2, 0.25) is 0 Å². The number of fused-ring (bicyclic) bond motifs is 1. The normalized spacial score (nSPS) is 15.5. The molecular formula is C21H20N4O2. The summed E-state index contributed by atoms with van der Waals surface area (Å²) in [6, 6.07) is 11.5. The number of carbonyl (C=O) groups excluding carboxylic acids is 1. The summed E-state index contributed by atoms with van der Waals surface area (Å²) in [5.41, 5.74) is 5.92. The molecule has 1 amide bonds. The fraction of sp³-hybridized carbons (Fsp3) is 0.286. The van der Waals surface area contributed by atoms with Crippen LogP contribution in [0.3, 0.4) is 0 Å². The first-order valence-electron chi connectivity index (χ1n) is 9.19. The molecule has 0 radical (unpaired) electrons. The molecule has 2 aromatic carbocycles. The van der Waals surface area contributed by atoms with Crippen molar-refractivity contribution in [3.63, 3.8) is 0 Å². The van der Waals surface area contributed by atoms with Crippen LogP contribution in [0, 0.1) is 13.8 Å². The number of aromatic nitrogens is 2. The van der Waals surface area contributed by atoms with Gasteiger partial charge in [0.05, 0.1) is 34.7 Å². The fourth-order valence-corrected chi connectivity index (χ4v) is 3.84. The van der Waals surface area contributed by atoms with Crippen LogP contribution in [0.1, 0.15) is 21.7 Å². The maximum absolute atomic E-state index is 13.3. The Morgan fingerprint density at radius 3 is 2.67 bits per heavy atom. The minimum absolute atomic E-state index is 0.0180. The fourth-order valence-electron chi connectivity index (χ4n) is 3.84. The number of nitrogens with zero attached hydrogens (tertiary/aromatic N) is 4. The molecule has 0 spiro atoms. The molecule has 27 heavy (non-hydrogen) atoms. The Labute approximate surface area is 157 Å². The molecule has 136 valence electrons. The van der Waals surface area contributed by atoms with E-state index in [-0.39, 0.29) is 5.91 Å².